The molecule has 2 heterocycles. The monoisotopic (exact) mass is 558 g/mol. The molecule has 0 aliphatic carbocycles. The van der Waals surface area contributed by atoms with Gasteiger partial charge in [0.25, 0.3) is 0 Å². The number of likely N-dealkylation sites (N-methyl/N-ethyl adjacent to an activating group) is 1. The molecule has 9 nitrogen and oxygen atoms in total. The number of hydrogen-bond donors (Lipinski definition) is 3. The molecule has 11 heteroatoms. The Hall–Kier alpha value is -3.08. The van der Waals surface area contributed by atoms with Crippen LogP contribution in [0.15, 0.2) is 53.6 Å². The molecule has 1 aliphatic rings. The number of aromatic nitrogens is 2. The number of nitrogens with one attached hydrogen (secondary N) is 3. The van der Waals surface area contributed by atoms with E-state index in [1.807, 2.05) is 19.1 Å². The van der Waals surface area contributed by atoms with E-state index in [0.29, 0.717) is 35.7 Å². The van der Waals surface area contributed by atoms with Gasteiger partial charge in [-0.2, -0.15) is 4.98 Å². The van der Waals surface area contributed by atoms with Crippen LogP contribution in [0.4, 0.5) is 28.8 Å². The van der Waals surface area contributed by atoms with Gasteiger partial charge in [-0.15, -0.1) is 0 Å². The first-order valence-electron chi connectivity index (χ1n) is 12.9. The van der Waals surface area contributed by atoms with Crippen molar-refractivity contribution in [1.82, 2.24) is 15.3 Å². The van der Waals surface area contributed by atoms with Crippen molar-refractivity contribution in [2.24, 2.45) is 0 Å². The Morgan fingerprint density at radius 2 is 1.92 bits per heavy atom. The average Bonchev–Trinajstić information content (AvgIpc) is 3.36. The van der Waals surface area contributed by atoms with Crippen molar-refractivity contribution in [2.75, 3.05) is 41.8 Å². The van der Waals surface area contributed by atoms with E-state index in [1.54, 1.807) is 38.1 Å². The summed E-state index contributed by atoms with van der Waals surface area (Å²) in [4.78, 5) is 11.4. The molecule has 3 N–H and O–H groups in total. The van der Waals surface area contributed by atoms with Gasteiger partial charge >= 0.3 is 0 Å². The minimum absolute atomic E-state index is 0.187. The summed E-state index contributed by atoms with van der Waals surface area (Å²) in [6, 6.07) is 13.2. The molecule has 2 aromatic carbocycles. The summed E-state index contributed by atoms with van der Waals surface area (Å²) in [5, 5.41) is 9.52. The summed E-state index contributed by atoms with van der Waals surface area (Å²) < 4.78 is 31.7. The van der Waals surface area contributed by atoms with Gasteiger partial charge in [-0.05, 0) is 58.0 Å². The Kier molecular flexibility index (Phi) is 8.96. The summed E-state index contributed by atoms with van der Waals surface area (Å²) in [6.45, 7) is 10.8. The van der Waals surface area contributed by atoms with Gasteiger partial charge in [-0.1, -0.05) is 30.7 Å². The lowest BCUT2D eigenvalue weighted by molar-refractivity contribution is 0.342. The van der Waals surface area contributed by atoms with E-state index in [9.17, 15) is 8.42 Å². The fourth-order valence-electron chi connectivity index (χ4n) is 4.37. The van der Waals surface area contributed by atoms with Gasteiger partial charge in [0.15, 0.2) is 15.7 Å². The fraction of sp³-hybridized carbons (Fsp3) is 0.407. The van der Waals surface area contributed by atoms with Crippen molar-refractivity contribution >= 4 is 50.3 Å². The number of benzene rings is 2. The van der Waals surface area contributed by atoms with Crippen molar-refractivity contribution in [3.05, 3.63) is 53.7 Å². The number of nitrogens with zero attached hydrogens (tertiary/aromatic N) is 3. The second-order valence-electron chi connectivity index (χ2n) is 9.33. The maximum Gasteiger partial charge on any atom is 0.229 e. The maximum absolute atomic E-state index is 12.9. The molecule has 0 saturated carbocycles. The highest BCUT2D eigenvalue weighted by Gasteiger charge is 2.24. The van der Waals surface area contributed by atoms with E-state index < -0.39 is 15.1 Å². The van der Waals surface area contributed by atoms with Gasteiger partial charge in [0, 0.05) is 30.9 Å². The standard InChI is InChI=1S/C27H35ClN6O3S/c1-5-29-19-13-14-34(17-19)20-11-12-22(24(15-20)37-6-2)32-27-30-16-21(28)26(33-27)31-23-9-7-8-10-25(23)38(35,36)18(3)4/h7-12,15-16,18-19,29H,5-6,13-14,17H2,1-4H3,(H2,30,31,32,33). The second-order valence-corrected chi connectivity index (χ2v) is 12.2. The molecular formula is C27H35ClN6O3S. The van der Waals surface area contributed by atoms with Crippen molar-refractivity contribution in [2.45, 2.75) is 50.3 Å². The first-order chi connectivity index (χ1) is 18.2. The Morgan fingerprint density at radius 3 is 2.66 bits per heavy atom. The number of sulfone groups is 1. The molecule has 38 heavy (non-hydrogen) atoms. The van der Waals surface area contributed by atoms with Gasteiger partial charge in [0.2, 0.25) is 5.95 Å². The third-order valence-electron chi connectivity index (χ3n) is 6.37. The Morgan fingerprint density at radius 1 is 1.13 bits per heavy atom. The minimum atomic E-state index is -3.52. The summed E-state index contributed by atoms with van der Waals surface area (Å²) in [5.74, 6) is 1.28. The van der Waals surface area contributed by atoms with Crippen molar-refractivity contribution in [1.29, 1.82) is 0 Å². The maximum atomic E-state index is 12.9. The van der Waals surface area contributed by atoms with Gasteiger partial charge in [0.05, 0.1) is 34.3 Å². The molecule has 0 spiro atoms. The molecule has 1 aliphatic heterocycles. The number of para-hydroxylation sites is 1. The van der Waals surface area contributed by atoms with E-state index in [-0.39, 0.29) is 15.7 Å². The van der Waals surface area contributed by atoms with Crippen LogP contribution >= 0.6 is 11.6 Å². The minimum Gasteiger partial charge on any atom is -0.492 e. The van der Waals surface area contributed by atoms with Crippen LogP contribution in [-0.4, -0.2) is 55.9 Å². The third kappa shape index (κ3) is 6.31. The van der Waals surface area contributed by atoms with Crippen LogP contribution in [0.5, 0.6) is 5.75 Å². The first kappa shape index (κ1) is 27.9. The van der Waals surface area contributed by atoms with E-state index in [1.165, 1.54) is 6.20 Å². The molecule has 1 atom stereocenters. The molecule has 1 saturated heterocycles. The highest BCUT2D eigenvalue weighted by Crippen LogP contribution is 2.34. The van der Waals surface area contributed by atoms with Crippen molar-refractivity contribution in [3.8, 4) is 5.75 Å². The quantitative estimate of drug-likeness (QED) is 0.285. The molecular weight excluding hydrogens is 524 g/mol. The van der Waals surface area contributed by atoms with Crippen LogP contribution < -0.4 is 25.6 Å². The number of halogens is 1. The summed E-state index contributed by atoms with van der Waals surface area (Å²) >= 11 is 6.39. The zero-order valence-electron chi connectivity index (χ0n) is 22.2. The van der Waals surface area contributed by atoms with E-state index in [4.69, 9.17) is 16.3 Å². The molecule has 3 aromatic rings. The van der Waals surface area contributed by atoms with Crippen LogP contribution in [-0.2, 0) is 9.84 Å². The Labute approximate surface area is 229 Å². The highest BCUT2D eigenvalue weighted by molar-refractivity contribution is 7.92. The second kappa shape index (κ2) is 12.2. The van der Waals surface area contributed by atoms with E-state index in [2.05, 4.69) is 43.8 Å². The summed E-state index contributed by atoms with van der Waals surface area (Å²) in [6.07, 6.45) is 2.58. The molecule has 204 valence electrons. The van der Waals surface area contributed by atoms with E-state index in [0.717, 1.165) is 31.7 Å². The lowest BCUT2D eigenvalue weighted by Crippen LogP contribution is -2.32. The largest absolute Gasteiger partial charge is 0.492 e. The molecule has 0 bridgehead atoms. The first-order valence-corrected chi connectivity index (χ1v) is 14.8. The summed E-state index contributed by atoms with van der Waals surface area (Å²) in [5.41, 5.74) is 2.21. The molecule has 1 fully saturated rings. The predicted molar refractivity (Wildman–Crippen MR) is 154 cm³/mol. The fourth-order valence-corrected chi connectivity index (χ4v) is 5.71. The third-order valence-corrected chi connectivity index (χ3v) is 8.86. The van der Waals surface area contributed by atoms with Crippen LogP contribution in [0, 0.1) is 0 Å². The van der Waals surface area contributed by atoms with Gasteiger partial charge in [-0.3, -0.25) is 0 Å². The number of ether oxygens (including phenoxy) is 1. The lowest BCUT2D eigenvalue weighted by atomic mass is 10.2. The van der Waals surface area contributed by atoms with Crippen LogP contribution in [0.25, 0.3) is 0 Å². The molecule has 0 amide bonds. The topological polar surface area (TPSA) is 108 Å². The van der Waals surface area contributed by atoms with Gasteiger partial charge in [0.1, 0.15) is 10.8 Å². The number of rotatable bonds is 11. The van der Waals surface area contributed by atoms with Crippen LogP contribution in [0.3, 0.4) is 0 Å². The van der Waals surface area contributed by atoms with Gasteiger partial charge in [-0.25, -0.2) is 13.4 Å². The average molecular weight is 559 g/mol. The predicted octanol–water partition coefficient (Wildman–Crippen LogP) is 5.39. The van der Waals surface area contributed by atoms with Crippen molar-refractivity contribution < 1.29 is 13.2 Å². The smallest absolute Gasteiger partial charge is 0.229 e. The normalized spacial score (nSPS) is 15.6. The zero-order valence-corrected chi connectivity index (χ0v) is 23.7. The van der Waals surface area contributed by atoms with Crippen LogP contribution in [0.2, 0.25) is 5.02 Å². The zero-order chi connectivity index (χ0) is 27.3. The molecule has 0 radical (unpaired) electrons. The SMILES string of the molecule is CCNC1CCN(c2ccc(Nc3ncc(Cl)c(Nc4ccccc4S(=O)(=O)C(C)C)n3)c(OCC)c2)C1. The van der Waals surface area contributed by atoms with Crippen LogP contribution in [0.1, 0.15) is 34.1 Å². The number of hydrogen-bond acceptors (Lipinski definition) is 9. The lowest BCUT2D eigenvalue weighted by Gasteiger charge is -2.21. The highest BCUT2D eigenvalue weighted by atomic mass is 35.5. The summed E-state index contributed by atoms with van der Waals surface area (Å²) in [7, 11) is -3.52. The number of anilines is 5. The Balaban J connectivity index is 1.58. The van der Waals surface area contributed by atoms with E-state index >= 15 is 0 Å². The molecule has 1 unspecified atom stereocenters. The molecule has 1 aromatic heterocycles. The van der Waals surface area contributed by atoms with Crippen molar-refractivity contribution in [3.63, 3.8) is 0 Å². The van der Waals surface area contributed by atoms with Gasteiger partial charge < -0.3 is 25.6 Å². The molecule has 4 rings (SSSR count). The Bertz CT molecular complexity index is 1370.